The van der Waals surface area contributed by atoms with E-state index in [1.54, 1.807) is 0 Å². The molecule has 0 amide bonds. The zero-order valence-corrected chi connectivity index (χ0v) is 11.9. The lowest BCUT2D eigenvalue weighted by Crippen LogP contribution is -2.30. The van der Waals surface area contributed by atoms with Crippen molar-refractivity contribution in [2.75, 3.05) is 13.2 Å². The van der Waals surface area contributed by atoms with E-state index in [9.17, 15) is 0 Å². The highest BCUT2D eigenvalue weighted by Crippen LogP contribution is 2.18. The highest BCUT2D eigenvalue weighted by Gasteiger charge is 2.22. The van der Waals surface area contributed by atoms with Gasteiger partial charge in [0.1, 0.15) is 5.75 Å². The molecule has 2 aromatic rings. The molecule has 0 saturated heterocycles. The molecule has 0 spiro atoms. The predicted octanol–water partition coefficient (Wildman–Crippen LogP) is 3.71. The summed E-state index contributed by atoms with van der Waals surface area (Å²) in [6.07, 6.45) is 0.925. The maximum absolute atomic E-state index is 5.76. The first-order valence-electron chi connectivity index (χ1n) is 7.27. The van der Waals surface area contributed by atoms with Gasteiger partial charge in [0.25, 0.3) is 0 Å². The van der Waals surface area contributed by atoms with Gasteiger partial charge in [-0.2, -0.15) is 5.11 Å². The van der Waals surface area contributed by atoms with E-state index < -0.39 is 0 Å². The lowest BCUT2D eigenvalue weighted by Gasteiger charge is -2.21. The van der Waals surface area contributed by atoms with Crippen LogP contribution in [0.5, 0.6) is 5.75 Å². The fourth-order valence-electron chi connectivity index (χ4n) is 2.38. The number of para-hydroxylation sites is 1. The molecule has 1 atom stereocenters. The Hall–Kier alpha value is -2.36. The molecule has 1 unspecified atom stereocenters. The smallest absolute Gasteiger partial charge is 0.119 e. The number of nitrogens with zero attached hydrogens (tertiary/aromatic N) is 3. The molecule has 2 aromatic carbocycles. The lowest BCUT2D eigenvalue weighted by molar-refractivity contribution is 0.188. The van der Waals surface area contributed by atoms with Crippen LogP contribution in [-0.2, 0) is 6.54 Å². The van der Waals surface area contributed by atoms with E-state index >= 15 is 0 Å². The second-order valence-electron chi connectivity index (χ2n) is 5.10. The van der Waals surface area contributed by atoms with Gasteiger partial charge < -0.3 is 4.74 Å². The van der Waals surface area contributed by atoms with Gasteiger partial charge in [-0.3, -0.25) is 5.01 Å². The summed E-state index contributed by atoms with van der Waals surface area (Å²) in [6.45, 7) is 2.25. The van der Waals surface area contributed by atoms with Crippen molar-refractivity contribution in [1.82, 2.24) is 5.01 Å². The quantitative estimate of drug-likeness (QED) is 0.809. The minimum atomic E-state index is 0.328. The normalized spacial score (nSPS) is 17.1. The van der Waals surface area contributed by atoms with Crippen LogP contribution >= 0.6 is 0 Å². The molecule has 3 rings (SSSR count). The first-order chi connectivity index (χ1) is 10.4. The number of hydrogen-bond acceptors (Lipinski definition) is 4. The summed E-state index contributed by atoms with van der Waals surface area (Å²) in [5.74, 6) is 0.916. The molecule has 0 aromatic heterocycles. The first kappa shape index (κ1) is 13.6. The molecule has 1 heterocycles. The van der Waals surface area contributed by atoms with Crippen LogP contribution < -0.4 is 4.74 Å². The van der Waals surface area contributed by atoms with E-state index in [0.29, 0.717) is 12.6 Å². The summed E-state index contributed by atoms with van der Waals surface area (Å²) in [4.78, 5) is 0. The van der Waals surface area contributed by atoms with Crippen LogP contribution in [0.1, 0.15) is 12.0 Å². The van der Waals surface area contributed by atoms with Crippen molar-refractivity contribution in [3.63, 3.8) is 0 Å². The topological polar surface area (TPSA) is 37.2 Å². The Bertz CT molecular complexity index is 571. The Morgan fingerprint density at radius 2 is 1.71 bits per heavy atom. The number of rotatable bonds is 6. The Labute approximate surface area is 125 Å². The third-order valence-electron chi connectivity index (χ3n) is 3.54. The van der Waals surface area contributed by atoms with E-state index in [1.165, 1.54) is 5.56 Å². The molecular formula is C17H19N3O. The van der Waals surface area contributed by atoms with Gasteiger partial charge in [-0.05, 0) is 17.7 Å². The highest BCUT2D eigenvalue weighted by atomic mass is 16.5. The molecule has 0 aliphatic carbocycles. The fraction of sp³-hybridized carbons (Fsp3) is 0.294. The lowest BCUT2D eigenvalue weighted by atomic mass is 10.1. The maximum Gasteiger partial charge on any atom is 0.119 e. The molecule has 0 bridgehead atoms. The van der Waals surface area contributed by atoms with Gasteiger partial charge in [0.05, 0.1) is 25.7 Å². The van der Waals surface area contributed by atoms with Crippen LogP contribution in [0, 0.1) is 0 Å². The van der Waals surface area contributed by atoms with Crippen molar-refractivity contribution in [2.24, 2.45) is 10.3 Å². The van der Waals surface area contributed by atoms with Crippen LogP contribution in [0.15, 0.2) is 71.0 Å². The molecule has 4 nitrogen and oxygen atoms in total. The van der Waals surface area contributed by atoms with Crippen LogP contribution in [0.3, 0.4) is 0 Å². The van der Waals surface area contributed by atoms with Gasteiger partial charge >= 0.3 is 0 Å². The van der Waals surface area contributed by atoms with Crippen LogP contribution in [-0.4, -0.2) is 24.2 Å². The van der Waals surface area contributed by atoms with Gasteiger partial charge in [0.15, 0.2) is 0 Å². The van der Waals surface area contributed by atoms with Crippen molar-refractivity contribution < 1.29 is 4.74 Å². The summed E-state index contributed by atoms with van der Waals surface area (Å²) in [5.41, 5.74) is 1.26. The van der Waals surface area contributed by atoms with E-state index in [-0.39, 0.29) is 0 Å². The number of hydrogen-bond donors (Lipinski definition) is 0. The second-order valence-corrected chi connectivity index (χ2v) is 5.10. The zero-order valence-electron chi connectivity index (χ0n) is 11.9. The molecule has 4 heteroatoms. The zero-order chi connectivity index (χ0) is 14.3. The largest absolute Gasteiger partial charge is 0.494 e. The van der Waals surface area contributed by atoms with Gasteiger partial charge in [-0.15, -0.1) is 0 Å². The molecule has 21 heavy (non-hydrogen) atoms. The van der Waals surface area contributed by atoms with Crippen LogP contribution in [0.4, 0.5) is 0 Å². The Morgan fingerprint density at radius 1 is 1.00 bits per heavy atom. The molecule has 0 saturated carbocycles. The average Bonchev–Trinajstić information content (AvgIpc) is 2.97. The predicted molar refractivity (Wildman–Crippen MR) is 82.1 cm³/mol. The van der Waals surface area contributed by atoms with Crippen LogP contribution in [0.25, 0.3) is 0 Å². The number of ether oxygens (including phenoxy) is 1. The van der Waals surface area contributed by atoms with Crippen molar-refractivity contribution in [1.29, 1.82) is 0 Å². The molecule has 108 valence electrons. The third kappa shape index (κ3) is 3.81. The minimum absolute atomic E-state index is 0.328. The summed E-state index contributed by atoms with van der Waals surface area (Å²) < 4.78 is 5.76. The third-order valence-corrected chi connectivity index (χ3v) is 3.54. The SMILES string of the molecule is c1ccc(CN2N=NCC2CCOc2ccccc2)cc1. The summed E-state index contributed by atoms with van der Waals surface area (Å²) in [5, 5.41) is 10.5. The van der Waals surface area contributed by atoms with E-state index in [2.05, 4.69) is 39.6 Å². The van der Waals surface area contributed by atoms with Crippen LogP contribution in [0.2, 0.25) is 0 Å². The molecule has 1 aliphatic heterocycles. The summed E-state index contributed by atoms with van der Waals surface area (Å²) in [7, 11) is 0. The van der Waals surface area contributed by atoms with Gasteiger partial charge in [-0.25, -0.2) is 0 Å². The average molecular weight is 281 g/mol. The van der Waals surface area contributed by atoms with Crippen molar-refractivity contribution in [3.8, 4) is 5.75 Å². The Morgan fingerprint density at radius 3 is 2.48 bits per heavy atom. The van der Waals surface area contributed by atoms with E-state index in [0.717, 1.165) is 25.3 Å². The molecule has 0 N–H and O–H groups in total. The first-order valence-corrected chi connectivity index (χ1v) is 7.27. The summed E-state index contributed by atoms with van der Waals surface area (Å²) >= 11 is 0. The molecule has 0 radical (unpaired) electrons. The number of benzene rings is 2. The summed E-state index contributed by atoms with van der Waals surface area (Å²) in [6, 6.07) is 20.6. The Balaban J connectivity index is 1.49. The van der Waals surface area contributed by atoms with Crippen molar-refractivity contribution in [3.05, 3.63) is 66.2 Å². The monoisotopic (exact) mass is 281 g/mol. The van der Waals surface area contributed by atoms with Crippen molar-refractivity contribution >= 4 is 0 Å². The standard InChI is InChI=1S/C17H19N3O/c1-3-7-15(8-4-1)14-20-16(13-18-19-20)11-12-21-17-9-5-2-6-10-17/h1-10,16H,11-14H2. The highest BCUT2D eigenvalue weighted by molar-refractivity contribution is 5.20. The minimum Gasteiger partial charge on any atom is -0.494 e. The second kappa shape index (κ2) is 6.88. The maximum atomic E-state index is 5.76. The van der Waals surface area contributed by atoms with Gasteiger partial charge in [0.2, 0.25) is 0 Å². The molecule has 0 fully saturated rings. The molecule has 1 aliphatic rings. The molecular weight excluding hydrogens is 262 g/mol. The van der Waals surface area contributed by atoms with Gasteiger partial charge in [0, 0.05) is 6.42 Å². The Kier molecular flexibility index (Phi) is 4.46. The van der Waals surface area contributed by atoms with Crippen molar-refractivity contribution in [2.45, 2.75) is 19.0 Å². The fourth-order valence-corrected chi connectivity index (χ4v) is 2.38. The van der Waals surface area contributed by atoms with E-state index in [1.807, 2.05) is 36.4 Å². The van der Waals surface area contributed by atoms with Gasteiger partial charge in [-0.1, -0.05) is 53.8 Å². The van der Waals surface area contributed by atoms with E-state index in [4.69, 9.17) is 4.74 Å².